The van der Waals surface area contributed by atoms with Crippen LogP contribution in [0.1, 0.15) is 5.76 Å². The van der Waals surface area contributed by atoms with E-state index in [1.165, 1.54) is 18.2 Å². The number of anilines is 1. The minimum atomic E-state index is -0.553. The molecule has 0 aliphatic heterocycles. The molecule has 0 spiro atoms. The number of methoxy groups -OCH3 is 1. The Balaban J connectivity index is 1.76. The van der Waals surface area contributed by atoms with Crippen LogP contribution >= 0.6 is 0 Å². The van der Waals surface area contributed by atoms with E-state index in [0.29, 0.717) is 28.5 Å². The minimum absolute atomic E-state index is 0.106. The standard InChI is InChI=1S/C21H15FN2O3/c1-26-18-8-6-17(7-9-18)24-21(25)15(13-23)12-19-10-11-20(27-19)14-2-4-16(22)5-3-14/h2-12H,1H3,(H,24,25). The summed E-state index contributed by atoms with van der Waals surface area (Å²) in [4.78, 5) is 12.3. The Morgan fingerprint density at radius 1 is 1.11 bits per heavy atom. The molecule has 0 saturated carbocycles. The number of carbonyl (C=O) groups is 1. The SMILES string of the molecule is COc1ccc(NC(=O)C(C#N)=Cc2ccc(-c3ccc(F)cc3)o2)cc1. The summed E-state index contributed by atoms with van der Waals surface area (Å²) in [6.45, 7) is 0. The number of nitrogens with one attached hydrogen (secondary N) is 1. The van der Waals surface area contributed by atoms with Crippen molar-refractivity contribution in [3.05, 3.63) is 77.8 Å². The molecule has 0 unspecified atom stereocenters. The summed E-state index contributed by atoms with van der Waals surface area (Å²) in [5.74, 6) is 0.618. The summed E-state index contributed by atoms with van der Waals surface area (Å²) in [6, 6.07) is 17.8. The highest BCUT2D eigenvalue weighted by Gasteiger charge is 2.12. The second kappa shape index (κ2) is 8.02. The molecule has 6 heteroatoms. The third-order valence-electron chi connectivity index (χ3n) is 3.76. The molecule has 0 fully saturated rings. The maximum Gasteiger partial charge on any atom is 0.266 e. The van der Waals surface area contributed by atoms with Gasteiger partial charge in [-0.25, -0.2) is 4.39 Å². The molecule has 1 aromatic heterocycles. The van der Waals surface area contributed by atoms with Crippen molar-refractivity contribution in [1.29, 1.82) is 5.26 Å². The van der Waals surface area contributed by atoms with E-state index in [2.05, 4.69) is 5.32 Å². The Morgan fingerprint density at radius 2 is 1.81 bits per heavy atom. The summed E-state index contributed by atoms with van der Waals surface area (Å²) in [7, 11) is 1.55. The molecular weight excluding hydrogens is 347 g/mol. The number of furan rings is 1. The topological polar surface area (TPSA) is 75.3 Å². The molecule has 1 amide bonds. The Labute approximate surface area is 155 Å². The average Bonchev–Trinajstić information content (AvgIpc) is 3.16. The largest absolute Gasteiger partial charge is 0.497 e. The zero-order valence-electron chi connectivity index (χ0n) is 14.4. The molecule has 1 heterocycles. The molecule has 0 aliphatic rings. The molecule has 134 valence electrons. The molecule has 5 nitrogen and oxygen atoms in total. The van der Waals surface area contributed by atoms with Gasteiger partial charge in [0.2, 0.25) is 0 Å². The van der Waals surface area contributed by atoms with E-state index >= 15 is 0 Å². The van der Waals surface area contributed by atoms with E-state index in [1.54, 1.807) is 55.6 Å². The fraction of sp³-hybridized carbons (Fsp3) is 0.0476. The summed E-state index contributed by atoms with van der Waals surface area (Å²) < 4.78 is 23.7. The van der Waals surface area contributed by atoms with Gasteiger partial charge < -0.3 is 14.5 Å². The predicted molar refractivity (Wildman–Crippen MR) is 99.3 cm³/mol. The monoisotopic (exact) mass is 362 g/mol. The van der Waals surface area contributed by atoms with Crippen LogP contribution in [-0.2, 0) is 4.79 Å². The first-order chi connectivity index (χ1) is 13.1. The molecule has 0 radical (unpaired) electrons. The number of halogens is 1. The highest BCUT2D eigenvalue weighted by molar-refractivity contribution is 6.09. The number of nitriles is 1. The Morgan fingerprint density at radius 3 is 2.44 bits per heavy atom. The number of rotatable bonds is 5. The zero-order valence-corrected chi connectivity index (χ0v) is 14.4. The molecule has 0 atom stereocenters. The van der Waals surface area contributed by atoms with Crippen molar-refractivity contribution in [2.45, 2.75) is 0 Å². The number of nitrogens with zero attached hydrogens (tertiary/aromatic N) is 1. The van der Waals surface area contributed by atoms with Gasteiger partial charge in [0.1, 0.15) is 34.7 Å². The van der Waals surface area contributed by atoms with Crippen LogP contribution < -0.4 is 10.1 Å². The van der Waals surface area contributed by atoms with Gasteiger partial charge in [0.05, 0.1) is 7.11 Å². The fourth-order valence-electron chi connectivity index (χ4n) is 2.36. The molecule has 0 saturated heterocycles. The third kappa shape index (κ3) is 4.41. The zero-order chi connectivity index (χ0) is 19.2. The van der Waals surface area contributed by atoms with Crippen molar-refractivity contribution < 1.29 is 18.3 Å². The van der Waals surface area contributed by atoms with E-state index in [9.17, 15) is 14.4 Å². The van der Waals surface area contributed by atoms with Crippen LogP contribution in [0.2, 0.25) is 0 Å². The number of carbonyl (C=O) groups excluding carboxylic acids is 1. The van der Waals surface area contributed by atoms with Crippen LogP contribution in [0.5, 0.6) is 5.75 Å². The van der Waals surface area contributed by atoms with Crippen molar-refractivity contribution in [3.8, 4) is 23.1 Å². The van der Waals surface area contributed by atoms with E-state index in [0.717, 1.165) is 0 Å². The van der Waals surface area contributed by atoms with Crippen molar-refractivity contribution in [2.24, 2.45) is 0 Å². The smallest absolute Gasteiger partial charge is 0.266 e. The van der Waals surface area contributed by atoms with Gasteiger partial charge in [-0.15, -0.1) is 0 Å². The van der Waals surface area contributed by atoms with Gasteiger partial charge in [-0.2, -0.15) is 5.26 Å². The Bertz CT molecular complexity index is 1010. The van der Waals surface area contributed by atoms with Gasteiger partial charge >= 0.3 is 0 Å². The lowest BCUT2D eigenvalue weighted by atomic mass is 10.2. The summed E-state index contributed by atoms with van der Waals surface area (Å²) >= 11 is 0. The molecule has 27 heavy (non-hydrogen) atoms. The van der Waals surface area contributed by atoms with Crippen LogP contribution in [0, 0.1) is 17.1 Å². The number of hydrogen-bond acceptors (Lipinski definition) is 4. The Kier molecular flexibility index (Phi) is 5.33. The second-order valence-corrected chi connectivity index (χ2v) is 5.56. The lowest BCUT2D eigenvalue weighted by molar-refractivity contribution is -0.112. The predicted octanol–water partition coefficient (Wildman–Crippen LogP) is 4.64. The van der Waals surface area contributed by atoms with Crippen molar-refractivity contribution in [3.63, 3.8) is 0 Å². The summed E-state index contributed by atoms with van der Waals surface area (Å²) in [5.41, 5.74) is 1.12. The van der Waals surface area contributed by atoms with Crippen LogP contribution in [0.15, 0.2) is 70.7 Å². The molecule has 2 aromatic carbocycles. The molecule has 0 bridgehead atoms. The third-order valence-corrected chi connectivity index (χ3v) is 3.76. The fourth-order valence-corrected chi connectivity index (χ4v) is 2.36. The van der Waals surface area contributed by atoms with Gasteiger partial charge in [-0.05, 0) is 60.7 Å². The summed E-state index contributed by atoms with van der Waals surface area (Å²) in [5, 5.41) is 11.9. The molecule has 3 aromatic rings. The lowest BCUT2D eigenvalue weighted by Gasteiger charge is -2.05. The molecule has 0 aliphatic carbocycles. The van der Waals surface area contributed by atoms with Gasteiger partial charge in [0, 0.05) is 17.3 Å². The summed E-state index contributed by atoms with van der Waals surface area (Å²) in [6.07, 6.45) is 1.35. The average molecular weight is 362 g/mol. The van der Waals surface area contributed by atoms with Crippen LogP contribution in [0.3, 0.4) is 0 Å². The lowest BCUT2D eigenvalue weighted by Crippen LogP contribution is -2.13. The number of amides is 1. The number of hydrogen-bond donors (Lipinski definition) is 1. The van der Waals surface area contributed by atoms with Gasteiger partial charge in [-0.3, -0.25) is 4.79 Å². The van der Waals surface area contributed by atoms with E-state index in [4.69, 9.17) is 9.15 Å². The first kappa shape index (κ1) is 18.0. The molecular formula is C21H15FN2O3. The first-order valence-corrected chi connectivity index (χ1v) is 8.02. The van der Waals surface area contributed by atoms with Crippen molar-refractivity contribution >= 4 is 17.7 Å². The van der Waals surface area contributed by atoms with Gasteiger partial charge in [0.15, 0.2) is 0 Å². The van der Waals surface area contributed by atoms with Crippen LogP contribution in [0.25, 0.3) is 17.4 Å². The quantitative estimate of drug-likeness (QED) is 0.530. The highest BCUT2D eigenvalue weighted by atomic mass is 19.1. The van der Waals surface area contributed by atoms with E-state index in [-0.39, 0.29) is 11.4 Å². The van der Waals surface area contributed by atoms with Crippen LogP contribution in [-0.4, -0.2) is 13.0 Å². The number of ether oxygens (including phenoxy) is 1. The van der Waals surface area contributed by atoms with Gasteiger partial charge in [-0.1, -0.05) is 0 Å². The maximum atomic E-state index is 13.0. The minimum Gasteiger partial charge on any atom is -0.497 e. The van der Waals surface area contributed by atoms with E-state index in [1.807, 2.05) is 6.07 Å². The normalized spacial score (nSPS) is 10.9. The second-order valence-electron chi connectivity index (χ2n) is 5.56. The van der Waals surface area contributed by atoms with Crippen molar-refractivity contribution in [1.82, 2.24) is 0 Å². The number of benzene rings is 2. The van der Waals surface area contributed by atoms with E-state index < -0.39 is 5.91 Å². The highest BCUT2D eigenvalue weighted by Crippen LogP contribution is 2.24. The molecule has 3 rings (SSSR count). The maximum absolute atomic E-state index is 13.0. The van der Waals surface area contributed by atoms with Gasteiger partial charge in [0.25, 0.3) is 5.91 Å². The first-order valence-electron chi connectivity index (χ1n) is 8.02. The Hall–Kier alpha value is -3.85. The molecule has 1 N–H and O–H groups in total. The van der Waals surface area contributed by atoms with Crippen molar-refractivity contribution in [2.75, 3.05) is 12.4 Å². The van der Waals surface area contributed by atoms with Crippen LogP contribution in [0.4, 0.5) is 10.1 Å².